The van der Waals surface area contributed by atoms with Crippen molar-refractivity contribution in [3.8, 4) is 0 Å². The van der Waals surface area contributed by atoms with Crippen LogP contribution in [-0.4, -0.2) is 36.5 Å². The van der Waals surface area contributed by atoms with Crippen molar-refractivity contribution in [2.75, 3.05) is 19.6 Å². The monoisotopic (exact) mass is 247 g/mol. The van der Waals surface area contributed by atoms with Gasteiger partial charge >= 0.3 is 0 Å². The molecule has 1 aromatic carbocycles. The van der Waals surface area contributed by atoms with Crippen LogP contribution in [0.25, 0.3) is 0 Å². The number of rotatable bonds is 5. The maximum atomic E-state index is 10.8. The van der Waals surface area contributed by atoms with Crippen LogP contribution in [0, 0.1) is 0 Å². The Kier molecular flexibility index (Phi) is 4.73. The van der Waals surface area contributed by atoms with Crippen LogP contribution in [-0.2, 0) is 11.3 Å². The lowest BCUT2D eigenvalue weighted by Gasteiger charge is -2.31. The number of carbonyl (C=O) groups is 1. The Labute approximate surface area is 108 Å². The van der Waals surface area contributed by atoms with E-state index in [1.807, 2.05) is 6.07 Å². The van der Waals surface area contributed by atoms with E-state index in [2.05, 4.69) is 34.5 Å². The van der Waals surface area contributed by atoms with E-state index in [-0.39, 0.29) is 5.91 Å². The fourth-order valence-corrected chi connectivity index (χ4v) is 2.37. The minimum atomic E-state index is -0.231. The van der Waals surface area contributed by atoms with E-state index in [0.717, 1.165) is 32.5 Å². The molecule has 4 nitrogen and oxygen atoms in total. The normalized spacial score (nSPS) is 17.8. The number of amides is 1. The summed E-state index contributed by atoms with van der Waals surface area (Å²) in [5.41, 5.74) is 6.51. The predicted molar refractivity (Wildman–Crippen MR) is 71.9 cm³/mol. The smallest absolute Gasteiger partial charge is 0.231 e. The molecule has 1 fully saturated rings. The van der Waals surface area contributed by atoms with Gasteiger partial charge in [0.15, 0.2) is 0 Å². The summed E-state index contributed by atoms with van der Waals surface area (Å²) >= 11 is 0. The molecule has 1 amide bonds. The maximum absolute atomic E-state index is 10.8. The molecule has 0 unspecified atom stereocenters. The summed E-state index contributed by atoms with van der Waals surface area (Å²) in [6, 6.07) is 11.0. The van der Waals surface area contributed by atoms with Crippen molar-refractivity contribution in [1.82, 2.24) is 10.2 Å². The van der Waals surface area contributed by atoms with Crippen molar-refractivity contribution in [2.24, 2.45) is 5.73 Å². The van der Waals surface area contributed by atoms with Crippen LogP contribution in [0.15, 0.2) is 30.3 Å². The van der Waals surface area contributed by atoms with Crippen LogP contribution in [0.1, 0.15) is 18.4 Å². The van der Waals surface area contributed by atoms with Crippen LogP contribution in [0.5, 0.6) is 0 Å². The van der Waals surface area contributed by atoms with E-state index in [9.17, 15) is 4.79 Å². The third-order valence-electron chi connectivity index (χ3n) is 3.40. The second-order valence-corrected chi connectivity index (χ2v) is 4.88. The zero-order chi connectivity index (χ0) is 12.8. The summed E-state index contributed by atoms with van der Waals surface area (Å²) in [6.45, 7) is 3.22. The van der Waals surface area contributed by atoms with E-state index in [1.54, 1.807) is 0 Å². The summed E-state index contributed by atoms with van der Waals surface area (Å²) in [6.07, 6.45) is 2.17. The summed E-state index contributed by atoms with van der Waals surface area (Å²) < 4.78 is 0. The molecule has 4 heteroatoms. The lowest BCUT2D eigenvalue weighted by Crippen LogP contribution is -2.45. The van der Waals surface area contributed by atoms with Crippen molar-refractivity contribution in [3.63, 3.8) is 0 Å². The van der Waals surface area contributed by atoms with Gasteiger partial charge in [-0.3, -0.25) is 9.69 Å². The summed E-state index contributed by atoms with van der Waals surface area (Å²) in [7, 11) is 0. The van der Waals surface area contributed by atoms with E-state index in [4.69, 9.17) is 5.73 Å². The number of hydrogen-bond donors (Lipinski definition) is 2. The van der Waals surface area contributed by atoms with Gasteiger partial charge in [0.1, 0.15) is 0 Å². The number of nitrogens with zero attached hydrogens (tertiary/aromatic N) is 1. The largest absolute Gasteiger partial charge is 0.369 e. The molecule has 1 saturated heterocycles. The standard InChI is InChI=1S/C14H21N3O/c15-14(18)11-17-8-6-13(7-9-17)16-10-12-4-2-1-3-5-12/h1-5,13,16H,6-11H2,(H2,15,18). The lowest BCUT2D eigenvalue weighted by atomic mass is 10.0. The topological polar surface area (TPSA) is 58.4 Å². The maximum Gasteiger partial charge on any atom is 0.231 e. The van der Waals surface area contributed by atoms with Crippen LogP contribution in [0.3, 0.4) is 0 Å². The molecule has 1 heterocycles. The van der Waals surface area contributed by atoms with Gasteiger partial charge in [0.05, 0.1) is 6.54 Å². The number of likely N-dealkylation sites (tertiary alicyclic amines) is 1. The molecule has 0 bridgehead atoms. The molecular weight excluding hydrogens is 226 g/mol. The highest BCUT2D eigenvalue weighted by molar-refractivity contribution is 5.75. The zero-order valence-electron chi connectivity index (χ0n) is 10.6. The van der Waals surface area contributed by atoms with Gasteiger partial charge in [-0.05, 0) is 18.4 Å². The second-order valence-electron chi connectivity index (χ2n) is 4.88. The van der Waals surface area contributed by atoms with E-state index in [1.165, 1.54) is 5.56 Å². The first kappa shape index (κ1) is 13.1. The van der Waals surface area contributed by atoms with Crippen LogP contribution >= 0.6 is 0 Å². The van der Waals surface area contributed by atoms with Gasteiger partial charge in [0.25, 0.3) is 0 Å². The van der Waals surface area contributed by atoms with E-state index in [0.29, 0.717) is 12.6 Å². The molecule has 0 aliphatic carbocycles. The summed E-state index contributed by atoms with van der Waals surface area (Å²) in [5, 5.41) is 3.57. The van der Waals surface area contributed by atoms with Gasteiger partial charge in [-0.1, -0.05) is 30.3 Å². The van der Waals surface area contributed by atoms with Gasteiger partial charge in [-0.15, -0.1) is 0 Å². The third kappa shape index (κ3) is 4.13. The quantitative estimate of drug-likeness (QED) is 0.806. The van der Waals surface area contributed by atoms with Gasteiger partial charge < -0.3 is 11.1 Å². The minimum Gasteiger partial charge on any atom is -0.369 e. The first-order valence-corrected chi connectivity index (χ1v) is 6.52. The Morgan fingerprint density at radius 1 is 1.28 bits per heavy atom. The number of primary amides is 1. The fourth-order valence-electron chi connectivity index (χ4n) is 2.37. The molecule has 18 heavy (non-hydrogen) atoms. The van der Waals surface area contributed by atoms with Gasteiger partial charge in [-0.25, -0.2) is 0 Å². The number of nitrogens with one attached hydrogen (secondary N) is 1. The van der Waals surface area contributed by atoms with Crippen molar-refractivity contribution >= 4 is 5.91 Å². The highest BCUT2D eigenvalue weighted by Crippen LogP contribution is 2.10. The van der Waals surface area contributed by atoms with Crippen LogP contribution in [0.4, 0.5) is 0 Å². The molecule has 0 spiro atoms. The Morgan fingerprint density at radius 3 is 2.56 bits per heavy atom. The van der Waals surface area contributed by atoms with Crippen molar-refractivity contribution in [3.05, 3.63) is 35.9 Å². The Bertz CT molecular complexity index is 372. The predicted octanol–water partition coefficient (Wildman–Crippen LogP) is 0.726. The Morgan fingerprint density at radius 2 is 1.94 bits per heavy atom. The van der Waals surface area contributed by atoms with Gasteiger partial charge in [0.2, 0.25) is 5.91 Å². The molecule has 1 aliphatic rings. The number of benzene rings is 1. The number of hydrogen-bond acceptors (Lipinski definition) is 3. The van der Waals surface area contributed by atoms with Gasteiger partial charge in [-0.2, -0.15) is 0 Å². The average Bonchev–Trinajstić information content (AvgIpc) is 2.38. The van der Waals surface area contributed by atoms with Gasteiger partial charge in [0, 0.05) is 25.7 Å². The SMILES string of the molecule is NC(=O)CN1CCC(NCc2ccccc2)CC1. The molecular formula is C14H21N3O. The van der Waals surface area contributed by atoms with Crippen molar-refractivity contribution < 1.29 is 4.79 Å². The Balaban J connectivity index is 1.69. The van der Waals surface area contributed by atoms with E-state index >= 15 is 0 Å². The zero-order valence-corrected chi connectivity index (χ0v) is 10.6. The molecule has 1 aromatic rings. The van der Waals surface area contributed by atoms with Crippen molar-refractivity contribution in [2.45, 2.75) is 25.4 Å². The van der Waals surface area contributed by atoms with Crippen LogP contribution in [0.2, 0.25) is 0 Å². The molecule has 2 rings (SSSR count). The first-order chi connectivity index (χ1) is 8.74. The molecule has 0 atom stereocenters. The Hall–Kier alpha value is -1.39. The summed E-state index contributed by atoms with van der Waals surface area (Å²) in [4.78, 5) is 13.0. The number of piperidine rings is 1. The molecule has 0 radical (unpaired) electrons. The first-order valence-electron chi connectivity index (χ1n) is 6.52. The van der Waals surface area contributed by atoms with E-state index < -0.39 is 0 Å². The molecule has 0 saturated carbocycles. The molecule has 0 aromatic heterocycles. The number of carbonyl (C=O) groups excluding carboxylic acids is 1. The second kappa shape index (κ2) is 6.52. The van der Waals surface area contributed by atoms with Crippen molar-refractivity contribution in [1.29, 1.82) is 0 Å². The molecule has 1 aliphatic heterocycles. The minimum absolute atomic E-state index is 0.231. The highest BCUT2D eigenvalue weighted by Gasteiger charge is 2.19. The average molecular weight is 247 g/mol. The summed E-state index contributed by atoms with van der Waals surface area (Å²) in [5.74, 6) is -0.231. The molecule has 98 valence electrons. The molecule has 3 N–H and O–H groups in total. The third-order valence-corrected chi connectivity index (χ3v) is 3.40. The lowest BCUT2D eigenvalue weighted by molar-refractivity contribution is -0.119. The number of nitrogens with two attached hydrogens (primary N) is 1. The van der Waals surface area contributed by atoms with Crippen LogP contribution < -0.4 is 11.1 Å². The fraction of sp³-hybridized carbons (Fsp3) is 0.500. The highest BCUT2D eigenvalue weighted by atomic mass is 16.1.